The van der Waals surface area contributed by atoms with Crippen LogP contribution in [0.1, 0.15) is 11.1 Å². The molecule has 0 atom stereocenters. The number of alkyl halides is 3. The first-order valence-corrected chi connectivity index (χ1v) is 9.70. The van der Waals surface area contributed by atoms with E-state index in [0.717, 1.165) is 37.7 Å². The number of rotatable bonds is 5. The zero-order chi connectivity index (χ0) is 20.3. The van der Waals surface area contributed by atoms with Crippen molar-refractivity contribution >= 4 is 28.9 Å². The molecular formula is C20H21Cl2F3N2O. The van der Waals surface area contributed by atoms with E-state index < -0.39 is 11.7 Å². The molecule has 2 aromatic carbocycles. The standard InChI is InChI=1S/C20H21Cl2F3N2O/c1-28-19-12-14(2-4-18(19)22)6-7-26-8-10-27(11-9-26)15-3-5-17(21)16(13-15)20(23,24)25/h2-5,12-13H,6-11H2,1H3. The van der Waals surface area contributed by atoms with Crippen molar-refractivity contribution in [1.82, 2.24) is 4.90 Å². The second-order valence-corrected chi connectivity index (χ2v) is 7.52. The maximum atomic E-state index is 13.1. The Labute approximate surface area is 172 Å². The average molecular weight is 433 g/mol. The van der Waals surface area contributed by atoms with Crippen molar-refractivity contribution in [3.63, 3.8) is 0 Å². The molecule has 0 bridgehead atoms. The quantitative estimate of drug-likeness (QED) is 0.630. The molecule has 0 N–H and O–H groups in total. The highest BCUT2D eigenvalue weighted by Crippen LogP contribution is 2.37. The van der Waals surface area contributed by atoms with Gasteiger partial charge in [-0.3, -0.25) is 4.90 Å². The zero-order valence-corrected chi connectivity index (χ0v) is 16.9. The van der Waals surface area contributed by atoms with Gasteiger partial charge < -0.3 is 9.64 Å². The summed E-state index contributed by atoms with van der Waals surface area (Å²) in [5.41, 5.74) is 0.904. The van der Waals surface area contributed by atoms with Crippen molar-refractivity contribution in [3.05, 3.63) is 57.6 Å². The summed E-state index contributed by atoms with van der Waals surface area (Å²) in [4.78, 5) is 4.27. The largest absolute Gasteiger partial charge is 0.495 e. The number of nitrogens with zero attached hydrogens (tertiary/aromatic N) is 2. The van der Waals surface area contributed by atoms with Gasteiger partial charge in [0.15, 0.2) is 0 Å². The van der Waals surface area contributed by atoms with E-state index in [4.69, 9.17) is 27.9 Å². The molecule has 0 aliphatic carbocycles. The lowest BCUT2D eigenvalue weighted by Crippen LogP contribution is -2.47. The topological polar surface area (TPSA) is 15.7 Å². The fourth-order valence-corrected chi connectivity index (χ4v) is 3.72. The van der Waals surface area contributed by atoms with Gasteiger partial charge in [0.25, 0.3) is 0 Å². The van der Waals surface area contributed by atoms with Crippen LogP contribution in [0.3, 0.4) is 0 Å². The van der Waals surface area contributed by atoms with Gasteiger partial charge in [-0.25, -0.2) is 0 Å². The Morgan fingerprint density at radius 3 is 2.29 bits per heavy atom. The lowest BCUT2D eigenvalue weighted by atomic mass is 10.1. The maximum absolute atomic E-state index is 13.1. The van der Waals surface area contributed by atoms with Crippen molar-refractivity contribution in [2.75, 3.05) is 44.7 Å². The number of benzene rings is 2. The Bertz CT molecular complexity index is 822. The van der Waals surface area contributed by atoms with Crippen molar-refractivity contribution in [2.24, 2.45) is 0 Å². The van der Waals surface area contributed by atoms with Crippen LogP contribution in [0, 0.1) is 0 Å². The van der Waals surface area contributed by atoms with Gasteiger partial charge in [0.05, 0.1) is 22.7 Å². The van der Waals surface area contributed by atoms with E-state index in [1.54, 1.807) is 13.2 Å². The highest BCUT2D eigenvalue weighted by molar-refractivity contribution is 6.32. The first-order valence-electron chi connectivity index (χ1n) is 8.94. The lowest BCUT2D eigenvalue weighted by molar-refractivity contribution is -0.137. The van der Waals surface area contributed by atoms with E-state index in [1.807, 2.05) is 23.1 Å². The Kier molecular flexibility index (Phi) is 6.63. The molecule has 1 saturated heterocycles. The predicted molar refractivity (Wildman–Crippen MR) is 107 cm³/mol. The molecule has 0 unspecified atom stereocenters. The molecule has 1 heterocycles. The molecule has 1 fully saturated rings. The van der Waals surface area contributed by atoms with Gasteiger partial charge in [-0.15, -0.1) is 0 Å². The number of anilines is 1. The SMILES string of the molecule is COc1cc(CCN2CCN(c3ccc(Cl)c(C(F)(F)F)c3)CC2)ccc1Cl. The van der Waals surface area contributed by atoms with Crippen LogP contribution in [-0.4, -0.2) is 44.7 Å². The second-order valence-electron chi connectivity index (χ2n) is 6.71. The molecule has 0 saturated carbocycles. The molecule has 0 amide bonds. The average Bonchev–Trinajstić information content (AvgIpc) is 2.67. The molecule has 3 nitrogen and oxygen atoms in total. The number of methoxy groups -OCH3 is 1. The highest BCUT2D eigenvalue weighted by atomic mass is 35.5. The highest BCUT2D eigenvalue weighted by Gasteiger charge is 2.34. The van der Waals surface area contributed by atoms with E-state index >= 15 is 0 Å². The number of piperazine rings is 1. The second kappa shape index (κ2) is 8.80. The smallest absolute Gasteiger partial charge is 0.417 e. The minimum Gasteiger partial charge on any atom is -0.495 e. The number of hydrogen-bond donors (Lipinski definition) is 0. The van der Waals surface area contributed by atoms with Gasteiger partial charge in [0.1, 0.15) is 5.75 Å². The molecule has 28 heavy (non-hydrogen) atoms. The molecule has 1 aliphatic rings. The monoisotopic (exact) mass is 432 g/mol. The van der Waals surface area contributed by atoms with E-state index in [1.165, 1.54) is 6.07 Å². The number of halogens is 5. The van der Waals surface area contributed by atoms with Crippen molar-refractivity contribution in [3.8, 4) is 5.75 Å². The summed E-state index contributed by atoms with van der Waals surface area (Å²) in [5.74, 6) is 0.659. The molecular weight excluding hydrogens is 412 g/mol. The molecule has 0 aromatic heterocycles. The third kappa shape index (κ3) is 5.04. The maximum Gasteiger partial charge on any atom is 0.417 e. The summed E-state index contributed by atoms with van der Waals surface area (Å²) in [6.45, 7) is 3.78. The molecule has 0 spiro atoms. The first-order chi connectivity index (χ1) is 13.3. The Balaban J connectivity index is 1.56. The first kappa shape index (κ1) is 21.1. The summed E-state index contributed by atoms with van der Waals surface area (Å²) >= 11 is 11.8. The number of ether oxygens (including phenoxy) is 1. The molecule has 152 valence electrons. The van der Waals surface area contributed by atoms with Crippen molar-refractivity contribution in [2.45, 2.75) is 12.6 Å². The molecule has 3 rings (SSSR count). The molecule has 8 heteroatoms. The molecule has 1 aliphatic heterocycles. The van der Waals surface area contributed by atoms with Crippen LogP contribution >= 0.6 is 23.2 Å². The van der Waals surface area contributed by atoms with Crippen LogP contribution in [0.5, 0.6) is 5.75 Å². The minimum absolute atomic E-state index is 0.270. The minimum atomic E-state index is -4.45. The third-order valence-corrected chi connectivity index (χ3v) is 5.57. The molecule has 2 aromatic rings. The Morgan fingerprint density at radius 2 is 1.64 bits per heavy atom. The van der Waals surface area contributed by atoms with Gasteiger partial charge in [-0.2, -0.15) is 13.2 Å². The number of hydrogen-bond acceptors (Lipinski definition) is 3. The van der Waals surface area contributed by atoms with Crippen LogP contribution in [0.4, 0.5) is 18.9 Å². The van der Waals surface area contributed by atoms with Crippen molar-refractivity contribution in [1.29, 1.82) is 0 Å². The summed E-state index contributed by atoms with van der Waals surface area (Å²) in [6, 6.07) is 9.84. The van der Waals surface area contributed by atoms with E-state index in [2.05, 4.69) is 4.90 Å². The van der Waals surface area contributed by atoms with Crippen LogP contribution in [0.15, 0.2) is 36.4 Å². The summed E-state index contributed by atoms with van der Waals surface area (Å²) in [7, 11) is 1.59. The van der Waals surface area contributed by atoms with E-state index in [9.17, 15) is 13.2 Å². The van der Waals surface area contributed by atoms with Gasteiger partial charge in [0, 0.05) is 38.4 Å². The van der Waals surface area contributed by atoms with Crippen LogP contribution in [0.25, 0.3) is 0 Å². The fourth-order valence-electron chi connectivity index (χ4n) is 3.30. The van der Waals surface area contributed by atoms with Crippen molar-refractivity contribution < 1.29 is 17.9 Å². The Hall–Kier alpha value is -1.63. The van der Waals surface area contributed by atoms with Crippen LogP contribution in [0.2, 0.25) is 10.0 Å². The normalized spacial score (nSPS) is 15.7. The summed E-state index contributed by atoms with van der Waals surface area (Å²) < 4.78 is 44.5. The van der Waals surface area contributed by atoms with Gasteiger partial charge in [-0.05, 0) is 42.3 Å². The Morgan fingerprint density at radius 1 is 0.964 bits per heavy atom. The zero-order valence-electron chi connectivity index (χ0n) is 15.4. The summed E-state index contributed by atoms with van der Waals surface area (Å²) in [5, 5.41) is 0.314. The van der Waals surface area contributed by atoms with E-state index in [-0.39, 0.29) is 5.02 Å². The van der Waals surface area contributed by atoms with E-state index in [0.29, 0.717) is 29.5 Å². The fraction of sp³-hybridized carbons (Fsp3) is 0.400. The van der Waals surface area contributed by atoms with Gasteiger partial charge in [-0.1, -0.05) is 29.3 Å². The summed E-state index contributed by atoms with van der Waals surface area (Å²) in [6.07, 6.45) is -3.60. The lowest BCUT2D eigenvalue weighted by Gasteiger charge is -2.36. The third-order valence-electron chi connectivity index (χ3n) is 4.93. The molecule has 0 radical (unpaired) electrons. The van der Waals surface area contributed by atoms with Crippen LogP contribution in [-0.2, 0) is 12.6 Å². The van der Waals surface area contributed by atoms with Gasteiger partial charge >= 0.3 is 6.18 Å². The van der Waals surface area contributed by atoms with Gasteiger partial charge in [0.2, 0.25) is 0 Å². The van der Waals surface area contributed by atoms with Crippen LogP contribution < -0.4 is 9.64 Å². The predicted octanol–water partition coefficient (Wildman–Crippen LogP) is 5.39.